The van der Waals surface area contributed by atoms with Crippen LogP contribution >= 0.6 is 11.8 Å². The molecule has 1 atom stereocenters. The lowest BCUT2D eigenvalue weighted by Crippen LogP contribution is -2.21. The lowest BCUT2D eigenvalue weighted by atomic mass is 10.1. The Bertz CT molecular complexity index is 737. The Balaban J connectivity index is 1.73. The molecule has 9 heteroatoms. The molecule has 2 heterocycles. The molecule has 2 aromatic heterocycles. The lowest BCUT2D eigenvalue weighted by Gasteiger charge is -2.15. The summed E-state index contributed by atoms with van der Waals surface area (Å²) in [6, 6.07) is 0. The number of thioether (sulfide) groups is 1. The van der Waals surface area contributed by atoms with Gasteiger partial charge in [0.15, 0.2) is 5.82 Å². The molecule has 0 radical (unpaired) electrons. The number of aromatic amines is 1. The number of hydrogen-bond acceptors (Lipinski definition) is 8. The third-order valence-corrected chi connectivity index (χ3v) is 5.26. The highest BCUT2D eigenvalue weighted by Gasteiger charge is 2.11. The number of anilines is 1. The van der Waals surface area contributed by atoms with E-state index >= 15 is 0 Å². The zero-order chi connectivity index (χ0) is 20.2. The maximum atomic E-state index is 10.5. The van der Waals surface area contributed by atoms with Crippen molar-refractivity contribution in [3.05, 3.63) is 29.7 Å². The van der Waals surface area contributed by atoms with E-state index in [1.54, 1.807) is 11.8 Å². The number of nitrogen functional groups attached to an aromatic ring is 1. The number of nitrogens with two attached hydrogens (primary N) is 1. The molecule has 8 nitrogen and oxygen atoms in total. The number of H-pyrrole nitrogens is 1. The van der Waals surface area contributed by atoms with E-state index in [2.05, 4.69) is 33.3 Å². The number of aliphatic hydroxyl groups excluding tert-OH is 2. The third kappa shape index (κ3) is 7.06. The topological polar surface area (TPSA) is 129 Å². The molecular weight excluding hydrogens is 378 g/mol. The van der Waals surface area contributed by atoms with Gasteiger partial charge in [-0.05, 0) is 25.0 Å². The van der Waals surface area contributed by atoms with Crippen molar-refractivity contribution >= 4 is 28.6 Å². The quantitative estimate of drug-likeness (QED) is 0.234. The van der Waals surface area contributed by atoms with Gasteiger partial charge in [-0.3, -0.25) is 0 Å². The molecule has 2 rings (SSSR count). The van der Waals surface area contributed by atoms with Gasteiger partial charge in [0.05, 0.1) is 31.4 Å². The van der Waals surface area contributed by atoms with E-state index in [0.29, 0.717) is 31.3 Å². The molecule has 28 heavy (non-hydrogen) atoms. The van der Waals surface area contributed by atoms with E-state index in [-0.39, 0.29) is 6.61 Å². The molecule has 156 valence electrons. The standard InChI is InChI=1S/C19H31N5O3S/c1-2-3-14(16(26)12-28-9-8-27-7-6-25)4-5-21-10-15-11-22-18-17(15)23-13-24-19(18)20/h3,11,13,16,21-22,25-26H,2,4-10,12H2,1H3,(H2,20,23,24)/b14-3+/t16-/m0/s1. The molecule has 0 fully saturated rings. The van der Waals surface area contributed by atoms with Crippen molar-refractivity contribution in [2.24, 2.45) is 0 Å². The van der Waals surface area contributed by atoms with Gasteiger partial charge in [0.2, 0.25) is 0 Å². The van der Waals surface area contributed by atoms with E-state index < -0.39 is 6.10 Å². The maximum Gasteiger partial charge on any atom is 0.151 e. The van der Waals surface area contributed by atoms with Gasteiger partial charge in [-0.1, -0.05) is 13.0 Å². The number of allylic oxidation sites excluding steroid dienone is 1. The SMILES string of the molecule is CC/C=C(\CCNCc1c[nH]c2c(N)ncnc12)[C@@H](O)CSCCOCCO. The summed E-state index contributed by atoms with van der Waals surface area (Å²) in [5.41, 5.74) is 9.55. The smallest absolute Gasteiger partial charge is 0.151 e. The van der Waals surface area contributed by atoms with Crippen molar-refractivity contribution < 1.29 is 14.9 Å². The highest BCUT2D eigenvalue weighted by molar-refractivity contribution is 7.99. The van der Waals surface area contributed by atoms with Crippen molar-refractivity contribution in [3.63, 3.8) is 0 Å². The molecular formula is C19H31N5O3S. The number of nitrogens with zero attached hydrogens (tertiary/aromatic N) is 2. The average molecular weight is 410 g/mol. The van der Waals surface area contributed by atoms with E-state index in [0.717, 1.165) is 47.3 Å². The number of ether oxygens (including phenoxy) is 1. The van der Waals surface area contributed by atoms with Crippen molar-refractivity contribution in [2.45, 2.75) is 32.4 Å². The monoisotopic (exact) mass is 409 g/mol. The van der Waals surface area contributed by atoms with Crippen molar-refractivity contribution in [1.82, 2.24) is 20.3 Å². The van der Waals surface area contributed by atoms with Crippen LogP contribution < -0.4 is 11.1 Å². The van der Waals surface area contributed by atoms with Crippen LogP contribution in [0.2, 0.25) is 0 Å². The summed E-state index contributed by atoms with van der Waals surface area (Å²) in [6.45, 7) is 4.51. The second kappa shape index (κ2) is 12.7. The summed E-state index contributed by atoms with van der Waals surface area (Å²) in [6.07, 6.45) is 6.71. The van der Waals surface area contributed by atoms with Crippen LogP contribution in [0.4, 0.5) is 5.82 Å². The minimum atomic E-state index is -0.454. The summed E-state index contributed by atoms with van der Waals surface area (Å²) < 4.78 is 5.23. The van der Waals surface area contributed by atoms with Crippen LogP contribution in [-0.2, 0) is 11.3 Å². The zero-order valence-electron chi connectivity index (χ0n) is 16.4. The number of nitrogens with one attached hydrogen (secondary N) is 2. The number of rotatable bonds is 14. The zero-order valence-corrected chi connectivity index (χ0v) is 17.2. The largest absolute Gasteiger partial charge is 0.394 e. The summed E-state index contributed by atoms with van der Waals surface area (Å²) in [5.74, 6) is 1.90. The fraction of sp³-hybridized carbons (Fsp3) is 0.579. The number of hydrogen-bond donors (Lipinski definition) is 5. The first-order valence-electron chi connectivity index (χ1n) is 9.57. The van der Waals surface area contributed by atoms with Crippen molar-refractivity contribution in [1.29, 1.82) is 0 Å². The molecule has 0 saturated heterocycles. The Morgan fingerprint density at radius 2 is 2.29 bits per heavy atom. The number of aromatic nitrogens is 3. The minimum Gasteiger partial charge on any atom is -0.394 e. The minimum absolute atomic E-state index is 0.0442. The second-order valence-electron chi connectivity index (χ2n) is 6.34. The van der Waals surface area contributed by atoms with Crippen molar-refractivity contribution in [3.8, 4) is 0 Å². The predicted molar refractivity (Wildman–Crippen MR) is 114 cm³/mol. The fourth-order valence-electron chi connectivity index (χ4n) is 2.86. The van der Waals surface area contributed by atoms with Crippen LogP contribution in [0.25, 0.3) is 11.0 Å². The first-order valence-corrected chi connectivity index (χ1v) is 10.7. The Labute approximate surface area is 170 Å². The van der Waals surface area contributed by atoms with Crippen LogP contribution in [0, 0.1) is 0 Å². The summed E-state index contributed by atoms with van der Waals surface area (Å²) in [5, 5.41) is 22.5. The molecule has 0 aromatic carbocycles. The third-order valence-electron chi connectivity index (χ3n) is 4.26. The number of aliphatic hydroxyl groups is 2. The van der Waals surface area contributed by atoms with E-state index in [1.807, 2.05) is 6.20 Å². The molecule has 2 aromatic rings. The van der Waals surface area contributed by atoms with Gasteiger partial charge >= 0.3 is 0 Å². The van der Waals surface area contributed by atoms with Gasteiger partial charge in [0, 0.05) is 29.8 Å². The molecule has 0 aliphatic rings. The predicted octanol–water partition coefficient (Wildman–Crippen LogP) is 1.46. The Hall–Kier alpha value is -1.65. The molecule has 6 N–H and O–H groups in total. The molecule has 0 aliphatic carbocycles. The highest BCUT2D eigenvalue weighted by atomic mass is 32.2. The highest BCUT2D eigenvalue weighted by Crippen LogP contribution is 2.19. The molecule has 0 bridgehead atoms. The summed E-state index contributed by atoms with van der Waals surface area (Å²) in [7, 11) is 0. The molecule has 0 aliphatic heterocycles. The Kier molecular flexibility index (Phi) is 10.3. The lowest BCUT2D eigenvalue weighted by molar-refractivity contribution is 0.103. The molecule has 0 unspecified atom stereocenters. The van der Waals surface area contributed by atoms with Gasteiger partial charge in [0.1, 0.15) is 11.8 Å². The molecule has 0 amide bonds. The van der Waals surface area contributed by atoms with Crippen LogP contribution in [0.5, 0.6) is 0 Å². The Morgan fingerprint density at radius 3 is 3.07 bits per heavy atom. The average Bonchev–Trinajstić information content (AvgIpc) is 3.11. The van der Waals surface area contributed by atoms with E-state index in [4.69, 9.17) is 15.6 Å². The number of fused-ring (bicyclic) bond motifs is 1. The Morgan fingerprint density at radius 1 is 1.43 bits per heavy atom. The van der Waals surface area contributed by atoms with Gasteiger partial charge in [0.25, 0.3) is 0 Å². The van der Waals surface area contributed by atoms with Gasteiger partial charge in [-0.15, -0.1) is 0 Å². The van der Waals surface area contributed by atoms with E-state index in [9.17, 15) is 5.11 Å². The molecule has 0 spiro atoms. The normalized spacial score (nSPS) is 13.3. The van der Waals surface area contributed by atoms with Gasteiger partial charge in [-0.25, -0.2) is 9.97 Å². The second-order valence-corrected chi connectivity index (χ2v) is 7.49. The fourth-order valence-corrected chi connectivity index (χ4v) is 3.70. The summed E-state index contributed by atoms with van der Waals surface area (Å²) in [4.78, 5) is 11.4. The van der Waals surface area contributed by atoms with Crippen LogP contribution in [-0.4, -0.2) is 69.1 Å². The van der Waals surface area contributed by atoms with Crippen molar-refractivity contribution in [2.75, 3.05) is 43.6 Å². The van der Waals surface area contributed by atoms with Gasteiger partial charge in [-0.2, -0.15) is 11.8 Å². The first kappa shape index (κ1) is 22.6. The van der Waals surface area contributed by atoms with Gasteiger partial charge < -0.3 is 31.0 Å². The van der Waals surface area contributed by atoms with E-state index in [1.165, 1.54) is 6.33 Å². The van der Waals surface area contributed by atoms with Crippen LogP contribution in [0.1, 0.15) is 25.3 Å². The maximum absolute atomic E-state index is 10.5. The summed E-state index contributed by atoms with van der Waals surface area (Å²) >= 11 is 1.66. The van der Waals surface area contributed by atoms with Crippen LogP contribution in [0.15, 0.2) is 24.2 Å². The van der Waals surface area contributed by atoms with Crippen LogP contribution in [0.3, 0.4) is 0 Å². The first-order chi connectivity index (χ1) is 13.7. The molecule has 0 saturated carbocycles.